The first kappa shape index (κ1) is 36.5. The largest absolute Gasteiger partial charge is 0.371 e. The minimum absolute atomic E-state index is 0.150. The van der Waals surface area contributed by atoms with Crippen LogP contribution < -0.4 is 20.9 Å². The number of fused-ring (bicyclic) bond motifs is 4. The number of nitrogens with zero attached hydrogens (tertiary/aromatic N) is 11. The molecule has 6 aromatic heterocycles. The van der Waals surface area contributed by atoms with Crippen LogP contribution in [0.2, 0.25) is 0 Å². The average Bonchev–Trinajstić information content (AvgIpc) is 3.72. The number of nitrogens with one attached hydrogen (secondary N) is 1. The number of H-pyrrole nitrogens is 1. The molecule has 16 nitrogen and oxygen atoms in total. The van der Waals surface area contributed by atoms with E-state index < -0.39 is 0 Å². The van der Waals surface area contributed by atoms with Crippen molar-refractivity contribution >= 4 is 45.0 Å². The molecule has 59 heavy (non-hydrogen) atoms. The number of piperidine rings is 2. The van der Waals surface area contributed by atoms with Gasteiger partial charge in [0.1, 0.15) is 18.8 Å². The fourth-order valence-corrected chi connectivity index (χ4v) is 8.72. The van der Waals surface area contributed by atoms with Gasteiger partial charge in [-0.2, -0.15) is 9.97 Å². The summed E-state index contributed by atoms with van der Waals surface area (Å²) in [5.74, 6) is 6.15. The number of halogens is 1. The van der Waals surface area contributed by atoms with Crippen LogP contribution in [0.25, 0.3) is 22.1 Å². The highest BCUT2D eigenvalue weighted by Gasteiger charge is 2.59. The Kier molecular flexibility index (Phi) is 9.60. The third-order valence-corrected chi connectivity index (χ3v) is 11.9. The zero-order valence-electron chi connectivity index (χ0n) is 31.5. The SMILES string of the molecule is ClCc1nc(C2[C@H]3CN(c4ccccc4)C[C@@H]23)no1.O=c1[nH]cnc2ncccc12.O=c1c2cccnc2ncn1Cc1nc(C2[C@H]3CN(c4ccccc4)C[C@@H]23)no1. The first-order chi connectivity index (χ1) is 29.0. The number of para-hydroxylation sites is 2. The van der Waals surface area contributed by atoms with Gasteiger partial charge in [0.15, 0.2) is 22.9 Å². The fourth-order valence-electron chi connectivity index (χ4n) is 8.61. The zero-order chi connectivity index (χ0) is 39.9. The summed E-state index contributed by atoms with van der Waals surface area (Å²) < 4.78 is 12.0. The van der Waals surface area contributed by atoms with Crippen molar-refractivity contribution in [2.45, 2.75) is 24.3 Å². The van der Waals surface area contributed by atoms with Gasteiger partial charge >= 0.3 is 0 Å². The Balaban J connectivity index is 0.000000120. The second-order valence-electron chi connectivity index (χ2n) is 15.1. The topological polar surface area (TPSA) is 191 Å². The molecule has 296 valence electrons. The second-order valence-corrected chi connectivity index (χ2v) is 15.3. The fraction of sp³-hybridized carbons (Fsp3) is 0.286. The van der Waals surface area contributed by atoms with Gasteiger partial charge in [-0.1, -0.05) is 46.7 Å². The maximum absolute atomic E-state index is 12.6. The first-order valence-electron chi connectivity index (χ1n) is 19.4. The Bertz CT molecular complexity index is 2820. The molecule has 6 atom stereocenters. The highest BCUT2D eigenvalue weighted by molar-refractivity contribution is 6.16. The molecule has 2 unspecified atom stereocenters. The number of anilines is 2. The van der Waals surface area contributed by atoms with Crippen molar-refractivity contribution in [2.75, 3.05) is 36.0 Å². The normalized spacial score (nSPS) is 22.3. The van der Waals surface area contributed by atoms with Gasteiger partial charge in [0.25, 0.3) is 11.1 Å². The molecule has 2 aromatic carbocycles. The van der Waals surface area contributed by atoms with E-state index in [9.17, 15) is 9.59 Å². The average molecular weight is 809 g/mol. The maximum atomic E-state index is 12.6. The van der Waals surface area contributed by atoms with Gasteiger partial charge < -0.3 is 23.8 Å². The van der Waals surface area contributed by atoms with E-state index in [1.165, 1.54) is 28.6 Å². The van der Waals surface area contributed by atoms with Crippen molar-refractivity contribution < 1.29 is 9.05 Å². The van der Waals surface area contributed by atoms with Crippen LogP contribution in [0.5, 0.6) is 0 Å². The number of hydrogen-bond donors (Lipinski definition) is 1. The number of aromatic amines is 1. The number of benzene rings is 2. The van der Waals surface area contributed by atoms with Crippen LogP contribution in [0.1, 0.15) is 35.3 Å². The standard InChI is InChI=1S/C21H18N6O2.C14H14ClN3O.C7H5N3O/c28-21-14-7-4-8-22-19(14)23-12-27(21)11-17-24-20(25-29-17)18-15-9-26(10-16(15)18)13-5-2-1-3-6-13;15-6-12-16-14(17-19-12)13-10-7-18(8-11(10)13)9-4-2-1-3-5-9;11-7-5-2-1-3-8-6(5)9-4-10-7/h1-8,12,15-16,18H,9-11H2;1-5,10-11,13H,6-8H2;1-4H,(H,8,9,10,11)/t15-,16+,18?;10-,11+,13?;. The summed E-state index contributed by atoms with van der Waals surface area (Å²) in [5.41, 5.74) is 3.19. The molecular weight excluding hydrogens is 772 g/mol. The summed E-state index contributed by atoms with van der Waals surface area (Å²) in [4.78, 5) is 56.0. The van der Waals surface area contributed by atoms with Crippen LogP contribution in [0, 0.1) is 23.7 Å². The van der Waals surface area contributed by atoms with Crippen molar-refractivity contribution in [3.8, 4) is 0 Å². The molecule has 12 rings (SSSR count). The molecule has 2 aliphatic carbocycles. The number of hydrogen-bond acceptors (Lipinski definition) is 14. The van der Waals surface area contributed by atoms with Crippen molar-refractivity contribution in [1.82, 2.24) is 49.8 Å². The summed E-state index contributed by atoms with van der Waals surface area (Å²) in [7, 11) is 0. The molecule has 0 bridgehead atoms. The molecule has 8 heterocycles. The molecule has 0 radical (unpaired) electrons. The molecule has 17 heteroatoms. The van der Waals surface area contributed by atoms with Crippen LogP contribution in [0.3, 0.4) is 0 Å². The van der Waals surface area contributed by atoms with Crippen molar-refractivity contribution in [3.05, 3.63) is 154 Å². The Morgan fingerprint density at radius 2 is 1.15 bits per heavy atom. The van der Waals surface area contributed by atoms with Gasteiger partial charge in [-0.3, -0.25) is 14.2 Å². The second kappa shape index (κ2) is 15.5. The minimum Gasteiger partial charge on any atom is -0.371 e. The lowest BCUT2D eigenvalue weighted by atomic mass is 10.2. The predicted molar refractivity (Wildman–Crippen MR) is 218 cm³/mol. The van der Waals surface area contributed by atoms with Crippen LogP contribution in [-0.4, -0.2) is 75.9 Å². The molecular formula is C42H37ClN12O4. The van der Waals surface area contributed by atoms with Crippen molar-refractivity contribution in [2.24, 2.45) is 23.7 Å². The molecule has 4 aliphatic rings. The Hall–Kier alpha value is -6.81. The monoisotopic (exact) mass is 808 g/mol. The molecule has 4 fully saturated rings. The molecule has 0 spiro atoms. The molecule has 2 aliphatic heterocycles. The number of pyridine rings is 2. The summed E-state index contributed by atoms with van der Waals surface area (Å²) in [6.07, 6.45) is 6.05. The molecule has 8 aromatic rings. The van der Waals surface area contributed by atoms with Gasteiger partial charge in [-0.25, -0.2) is 19.9 Å². The quantitative estimate of drug-likeness (QED) is 0.211. The zero-order valence-corrected chi connectivity index (χ0v) is 32.3. The van der Waals surface area contributed by atoms with E-state index in [2.05, 4.69) is 110 Å². The first-order valence-corrected chi connectivity index (χ1v) is 20.0. The van der Waals surface area contributed by atoms with Gasteiger partial charge in [-0.05, 0) is 72.2 Å². The van der Waals surface area contributed by atoms with Gasteiger partial charge in [0.2, 0.25) is 11.8 Å². The van der Waals surface area contributed by atoms with Gasteiger partial charge in [-0.15, -0.1) is 11.6 Å². The molecule has 1 N–H and O–H groups in total. The van der Waals surface area contributed by atoms with Crippen LogP contribution in [0.15, 0.2) is 129 Å². The third-order valence-electron chi connectivity index (χ3n) is 11.6. The van der Waals surface area contributed by atoms with E-state index in [1.54, 1.807) is 36.7 Å². The lowest BCUT2D eigenvalue weighted by molar-refractivity contribution is 0.363. The van der Waals surface area contributed by atoms with Crippen molar-refractivity contribution in [3.63, 3.8) is 0 Å². The number of rotatable bonds is 7. The molecule has 2 saturated carbocycles. The van der Waals surface area contributed by atoms with E-state index in [4.69, 9.17) is 20.6 Å². The summed E-state index contributed by atoms with van der Waals surface area (Å²) in [6.45, 7) is 4.42. The van der Waals surface area contributed by atoms with E-state index in [1.807, 2.05) is 6.07 Å². The van der Waals surface area contributed by atoms with E-state index in [0.29, 0.717) is 75.2 Å². The summed E-state index contributed by atoms with van der Waals surface area (Å²) in [5, 5.41) is 9.24. The Morgan fingerprint density at radius 3 is 1.69 bits per heavy atom. The minimum atomic E-state index is -0.162. The van der Waals surface area contributed by atoms with Crippen LogP contribution >= 0.6 is 11.6 Å². The van der Waals surface area contributed by atoms with Crippen LogP contribution in [0.4, 0.5) is 11.4 Å². The smallest absolute Gasteiger partial charge is 0.263 e. The maximum Gasteiger partial charge on any atom is 0.263 e. The highest BCUT2D eigenvalue weighted by Crippen LogP contribution is 2.58. The van der Waals surface area contributed by atoms with E-state index in [0.717, 1.165) is 37.8 Å². The lowest BCUT2D eigenvalue weighted by Gasteiger charge is -2.21. The van der Waals surface area contributed by atoms with E-state index >= 15 is 0 Å². The summed E-state index contributed by atoms with van der Waals surface area (Å²) >= 11 is 5.68. The predicted octanol–water partition coefficient (Wildman–Crippen LogP) is 5.05. The van der Waals surface area contributed by atoms with Gasteiger partial charge in [0, 0.05) is 61.8 Å². The van der Waals surface area contributed by atoms with E-state index in [-0.39, 0.29) is 17.7 Å². The van der Waals surface area contributed by atoms with Gasteiger partial charge in [0.05, 0.1) is 17.1 Å². The molecule has 0 amide bonds. The van der Waals surface area contributed by atoms with Crippen molar-refractivity contribution in [1.29, 1.82) is 0 Å². The summed E-state index contributed by atoms with van der Waals surface area (Å²) in [6, 6.07) is 27.9. The Morgan fingerprint density at radius 1 is 0.627 bits per heavy atom. The number of alkyl halides is 1. The molecule has 2 saturated heterocycles. The number of aromatic nitrogens is 10. The Labute approximate surface area is 340 Å². The third kappa shape index (κ3) is 7.31. The highest BCUT2D eigenvalue weighted by atomic mass is 35.5. The van der Waals surface area contributed by atoms with Crippen LogP contribution in [-0.2, 0) is 12.4 Å². The lowest BCUT2D eigenvalue weighted by Crippen LogP contribution is -2.23.